The smallest absolute Gasteiger partial charge is 0.306 e. The predicted molar refractivity (Wildman–Crippen MR) is 180 cm³/mol. The second kappa shape index (κ2) is 16.0. The summed E-state index contributed by atoms with van der Waals surface area (Å²) < 4.78 is 10.9. The molecule has 0 aliphatic carbocycles. The molecule has 0 atom stereocenters. The summed E-state index contributed by atoms with van der Waals surface area (Å²) in [6.07, 6.45) is 4.90. The van der Waals surface area contributed by atoms with E-state index in [1.807, 2.05) is 79.7 Å². The van der Waals surface area contributed by atoms with Crippen LogP contribution in [0.15, 0.2) is 37.4 Å². The summed E-state index contributed by atoms with van der Waals surface area (Å²) >= 11 is 0. The summed E-state index contributed by atoms with van der Waals surface area (Å²) in [5, 5.41) is 21.4. The number of carbonyl (C=O) groups is 2. The molecule has 0 unspecified atom stereocenters. The molecule has 2 aromatic rings. The molecule has 0 aliphatic heterocycles. The normalized spacial score (nSPS) is 11.7. The first-order valence-electron chi connectivity index (χ1n) is 15.8. The molecule has 44 heavy (non-hydrogen) atoms. The van der Waals surface area contributed by atoms with Crippen LogP contribution in [0.1, 0.15) is 127 Å². The van der Waals surface area contributed by atoms with Crippen molar-refractivity contribution < 1.29 is 29.3 Å². The largest absolute Gasteiger partial charge is 0.507 e. The minimum absolute atomic E-state index is 0.234. The van der Waals surface area contributed by atoms with Crippen LogP contribution >= 0.6 is 0 Å². The number of benzene rings is 2. The zero-order valence-electron chi connectivity index (χ0n) is 28.3. The van der Waals surface area contributed by atoms with E-state index in [9.17, 15) is 19.8 Å². The molecule has 0 fully saturated rings. The van der Waals surface area contributed by atoms with E-state index in [0.717, 1.165) is 70.2 Å². The molecule has 0 spiro atoms. The molecule has 0 amide bonds. The number of aryl methyl sites for hydroxylation is 2. The molecule has 2 N–H and O–H groups in total. The van der Waals surface area contributed by atoms with E-state index in [0.29, 0.717) is 26.1 Å². The van der Waals surface area contributed by atoms with Crippen molar-refractivity contribution in [2.24, 2.45) is 0 Å². The molecule has 0 heterocycles. The van der Waals surface area contributed by atoms with Gasteiger partial charge in [0.15, 0.2) is 0 Å². The quantitative estimate of drug-likeness (QED) is 0.155. The molecule has 0 saturated carbocycles. The third kappa shape index (κ3) is 11.2. The molecule has 2 rings (SSSR count). The van der Waals surface area contributed by atoms with Crippen LogP contribution < -0.4 is 0 Å². The van der Waals surface area contributed by atoms with Gasteiger partial charge in [0.2, 0.25) is 0 Å². The minimum Gasteiger partial charge on any atom is -0.507 e. The second-order valence-corrected chi connectivity index (χ2v) is 14.0. The highest BCUT2D eigenvalue weighted by Gasteiger charge is 2.23. The van der Waals surface area contributed by atoms with Crippen LogP contribution in [0.4, 0.5) is 0 Å². The van der Waals surface area contributed by atoms with Crippen LogP contribution in [-0.2, 0) is 42.7 Å². The Morgan fingerprint density at radius 3 is 1.27 bits per heavy atom. The number of allylic oxidation sites excluding steroid dienone is 2. The number of phenolic OH excluding ortho intramolecular Hbond substituents is 2. The maximum Gasteiger partial charge on any atom is 0.306 e. The SMILES string of the molecule is C=C(C)c1cc(CCC(=O)OCCCCCCOC(=O)CCc2cc(C(=C)C)c(O)c(C(C)(C)C)c2)cc(C(C)(C)C)c1O. The van der Waals surface area contributed by atoms with E-state index in [-0.39, 0.29) is 47.1 Å². The van der Waals surface area contributed by atoms with E-state index in [1.165, 1.54) is 0 Å². The third-order valence-corrected chi connectivity index (χ3v) is 7.68. The van der Waals surface area contributed by atoms with Crippen LogP contribution in [0.25, 0.3) is 11.1 Å². The standard InChI is InChI=1S/C38H54O6/c1-25(2)29-21-27(23-31(35(29)41)37(5,6)7)15-17-33(39)43-19-13-11-12-14-20-44-34(40)18-16-28-22-30(26(3)4)36(42)32(24-28)38(8,9)10/h21-24,41-42H,1,3,11-20H2,2,4-10H3. The third-order valence-electron chi connectivity index (χ3n) is 7.68. The molecule has 242 valence electrons. The summed E-state index contributed by atoms with van der Waals surface area (Å²) in [5.41, 5.74) is 6.18. The predicted octanol–water partition coefficient (Wildman–Crippen LogP) is 8.97. The fourth-order valence-corrected chi connectivity index (χ4v) is 5.04. The molecule has 0 bridgehead atoms. The van der Waals surface area contributed by atoms with E-state index in [4.69, 9.17) is 9.47 Å². The Kier molecular flexibility index (Phi) is 13.3. The molecular formula is C38H54O6. The van der Waals surface area contributed by atoms with Gasteiger partial charge >= 0.3 is 11.9 Å². The maximum atomic E-state index is 12.3. The maximum absolute atomic E-state index is 12.3. The van der Waals surface area contributed by atoms with Gasteiger partial charge in [-0.05, 0) is 97.6 Å². The molecule has 2 aromatic carbocycles. The number of aromatic hydroxyl groups is 2. The highest BCUT2D eigenvalue weighted by atomic mass is 16.5. The van der Waals surface area contributed by atoms with Crippen molar-refractivity contribution in [3.63, 3.8) is 0 Å². The van der Waals surface area contributed by atoms with E-state index in [2.05, 4.69) is 13.2 Å². The van der Waals surface area contributed by atoms with Gasteiger partial charge in [0.1, 0.15) is 11.5 Å². The lowest BCUT2D eigenvalue weighted by atomic mass is 9.82. The summed E-state index contributed by atoms with van der Waals surface area (Å²) in [5.74, 6) is 0.0409. The number of carbonyl (C=O) groups excluding carboxylic acids is 2. The van der Waals surface area contributed by atoms with Gasteiger partial charge in [-0.3, -0.25) is 9.59 Å². The van der Waals surface area contributed by atoms with Gasteiger partial charge in [-0.15, -0.1) is 0 Å². The van der Waals surface area contributed by atoms with Crippen LogP contribution in [0.5, 0.6) is 11.5 Å². The topological polar surface area (TPSA) is 93.1 Å². The summed E-state index contributed by atoms with van der Waals surface area (Å²) in [6, 6.07) is 7.75. The Morgan fingerprint density at radius 1 is 0.636 bits per heavy atom. The van der Waals surface area contributed by atoms with Gasteiger partial charge in [-0.25, -0.2) is 0 Å². The van der Waals surface area contributed by atoms with Gasteiger partial charge in [0.05, 0.1) is 13.2 Å². The lowest BCUT2D eigenvalue weighted by Crippen LogP contribution is -2.13. The lowest BCUT2D eigenvalue weighted by Gasteiger charge is -2.23. The minimum atomic E-state index is -0.236. The summed E-state index contributed by atoms with van der Waals surface area (Å²) in [4.78, 5) is 24.7. The van der Waals surface area contributed by atoms with E-state index >= 15 is 0 Å². The van der Waals surface area contributed by atoms with Crippen LogP contribution in [0.3, 0.4) is 0 Å². The molecule has 0 radical (unpaired) electrons. The average molecular weight is 607 g/mol. The van der Waals surface area contributed by atoms with Gasteiger partial charge < -0.3 is 19.7 Å². The number of hydrogen-bond acceptors (Lipinski definition) is 6. The van der Waals surface area contributed by atoms with Gasteiger partial charge in [0, 0.05) is 35.1 Å². The summed E-state index contributed by atoms with van der Waals surface area (Å²) in [7, 11) is 0. The molecule has 0 saturated heterocycles. The van der Waals surface area contributed by atoms with Crippen LogP contribution in [0.2, 0.25) is 0 Å². The number of esters is 2. The lowest BCUT2D eigenvalue weighted by molar-refractivity contribution is -0.145. The zero-order chi connectivity index (χ0) is 33.2. The first kappa shape index (κ1) is 36.7. The van der Waals surface area contributed by atoms with Crippen molar-refractivity contribution in [2.75, 3.05) is 13.2 Å². The highest BCUT2D eigenvalue weighted by molar-refractivity contribution is 5.73. The Labute approximate surface area is 265 Å². The summed E-state index contributed by atoms with van der Waals surface area (Å²) in [6.45, 7) is 24.7. The molecule has 6 heteroatoms. The van der Waals surface area contributed by atoms with Gasteiger partial charge in [-0.1, -0.05) is 66.8 Å². The van der Waals surface area contributed by atoms with Gasteiger partial charge in [0.25, 0.3) is 0 Å². The number of ether oxygens (including phenoxy) is 2. The first-order chi connectivity index (χ1) is 20.4. The fourth-order valence-electron chi connectivity index (χ4n) is 5.04. The molecule has 6 nitrogen and oxygen atoms in total. The van der Waals surface area contributed by atoms with Crippen molar-refractivity contribution in [1.29, 1.82) is 0 Å². The average Bonchev–Trinajstić information content (AvgIpc) is 2.91. The highest BCUT2D eigenvalue weighted by Crippen LogP contribution is 2.38. The van der Waals surface area contributed by atoms with Crippen molar-refractivity contribution in [2.45, 2.75) is 118 Å². The zero-order valence-corrected chi connectivity index (χ0v) is 28.3. The Morgan fingerprint density at radius 2 is 0.977 bits per heavy atom. The van der Waals surface area contributed by atoms with E-state index < -0.39 is 0 Å². The van der Waals surface area contributed by atoms with Crippen molar-refractivity contribution in [3.8, 4) is 11.5 Å². The van der Waals surface area contributed by atoms with Crippen molar-refractivity contribution in [3.05, 3.63) is 70.8 Å². The Balaban J connectivity index is 1.68. The number of phenols is 2. The first-order valence-corrected chi connectivity index (χ1v) is 15.8. The monoisotopic (exact) mass is 606 g/mol. The Bertz CT molecular complexity index is 1230. The fraction of sp³-hybridized carbons (Fsp3) is 0.526. The second-order valence-electron chi connectivity index (χ2n) is 14.0. The number of hydrogen-bond donors (Lipinski definition) is 2. The van der Waals surface area contributed by atoms with Crippen molar-refractivity contribution >= 4 is 23.1 Å². The van der Waals surface area contributed by atoms with E-state index in [1.54, 1.807) is 0 Å². The molecule has 0 aliphatic rings. The molecular weight excluding hydrogens is 552 g/mol. The van der Waals surface area contributed by atoms with Gasteiger partial charge in [-0.2, -0.15) is 0 Å². The number of unbranched alkanes of at least 4 members (excludes halogenated alkanes) is 3. The van der Waals surface area contributed by atoms with Crippen LogP contribution in [-0.4, -0.2) is 35.4 Å². The number of rotatable bonds is 15. The van der Waals surface area contributed by atoms with Crippen LogP contribution in [0, 0.1) is 0 Å². The van der Waals surface area contributed by atoms with Crippen molar-refractivity contribution in [1.82, 2.24) is 0 Å². The molecule has 0 aromatic heterocycles. The Hall–Kier alpha value is -3.54.